The molecule has 2 aromatic carbocycles. The minimum Gasteiger partial charge on any atom is -0.508 e. The van der Waals surface area contributed by atoms with Crippen LogP contribution in [0.4, 0.5) is 0 Å². The Hall–Kier alpha value is -1.96. The summed E-state index contributed by atoms with van der Waals surface area (Å²) >= 11 is 0. The lowest BCUT2D eigenvalue weighted by molar-refractivity contribution is 0.462. The molecule has 0 aliphatic carbocycles. The molecule has 0 radical (unpaired) electrons. The van der Waals surface area contributed by atoms with Gasteiger partial charge in [-0.25, -0.2) is 0 Å². The van der Waals surface area contributed by atoms with Crippen LogP contribution in [0.5, 0.6) is 11.5 Å². The van der Waals surface area contributed by atoms with E-state index in [9.17, 15) is 10.2 Å². The Morgan fingerprint density at radius 2 is 1.60 bits per heavy atom. The van der Waals surface area contributed by atoms with E-state index in [1.165, 1.54) is 17.2 Å². The third kappa shape index (κ3) is 2.96. The number of hydrogen-bond acceptors (Lipinski definition) is 2. The number of aryl methyl sites for hydroxylation is 1. The number of phenolic OH excluding ortho intramolecular Hbond substituents is 2. The summed E-state index contributed by atoms with van der Waals surface area (Å²) in [5.41, 5.74) is 4.38. The lowest BCUT2D eigenvalue weighted by Gasteiger charge is -2.15. The Morgan fingerprint density at radius 1 is 0.850 bits per heavy atom. The zero-order chi connectivity index (χ0) is 14.5. The summed E-state index contributed by atoms with van der Waals surface area (Å²) < 4.78 is 0. The highest BCUT2D eigenvalue weighted by atomic mass is 16.3. The molecule has 106 valence electrons. The standard InChI is InChI=1S/C18H22O2/c1-3-6-13-8-5-9-16(15(13)7-4-2)17-12-14(19)10-11-18(17)20/h5,8-12,19-20H,3-4,6-7H2,1-2H3. The minimum absolute atomic E-state index is 0.182. The van der Waals surface area contributed by atoms with Crippen LogP contribution in [0.2, 0.25) is 0 Å². The van der Waals surface area contributed by atoms with Gasteiger partial charge in [0.05, 0.1) is 0 Å². The topological polar surface area (TPSA) is 40.5 Å². The Balaban J connectivity index is 2.60. The predicted molar refractivity (Wildman–Crippen MR) is 83.2 cm³/mol. The molecule has 0 saturated carbocycles. The molecule has 0 aliphatic rings. The van der Waals surface area contributed by atoms with Crippen molar-refractivity contribution in [1.82, 2.24) is 0 Å². The van der Waals surface area contributed by atoms with E-state index in [4.69, 9.17) is 0 Å². The molecule has 0 aromatic heterocycles. The molecule has 2 rings (SSSR count). The zero-order valence-corrected chi connectivity index (χ0v) is 12.2. The van der Waals surface area contributed by atoms with Crippen LogP contribution >= 0.6 is 0 Å². The van der Waals surface area contributed by atoms with Gasteiger partial charge in [-0.1, -0.05) is 44.9 Å². The van der Waals surface area contributed by atoms with Crippen molar-refractivity contribution in [3.05, 3.63) is 47.5 Å². The second-order valence-electron chi connectivity index (χ2n) is 5.14. The fourth-order valence-electron chi connectivity index (χ4n) is 2.68. The average molecular weight is 270 g/mol. The average Bonchev–Trinajstić information content (AvgIpc) is 2.44. The number of benzene rings is 2. The summed E-state index contributed by atoms with van der Waals surface area (Å²) in [5.74, 6) is 0.398. The van der Waals surface area contributed by atoms with E-state index in [-0.39, 0.29) is 11.5 Å². The maximum atomic E-state index is 10.1. The van der Waals surface area contributed by atoms with Gasteiger partial charge < -0.3 is 10.2 Å². The summed E-state index contributed by atoms with van der Waals surface area (Å²) in [5, 5.41) is 19.8. The molecular weight excluding hydrogens is 248 g/mol. The van der Waals surface area contributed by atoms with Gasteiger partial charge >= 0.3 is 0 Å². The van der Waals surface area contributed by atoms with Gasteiger partial charge in [-0.05, 0) is 47.7 Å². The van der Waals surface area contributed by atoms with Crippen molar-refractivity contribution in [3.8, 4) is 22.6 Å². The van der Waals surface area contributed by atoms with Gasteiger partial charge in [0, 0.05) is 5.56 Å². The summed E-state index contributed by atoms with van der Waals surface area (Å²) in [4.78, 5) is 0. The van der Waals surface area contributed by atoms with Gasteiger partial charge in [0.2, 0.25) is 0 Å². The van der Waals surface area contributed by atoms with Gasteiger partial charge in [-0.3, -0.25) is 0 Å². The highest BCUT2D eigenvalue weighted by Gasteiger charge is 2.12. The molecule has 0 aliphatic heterocycles. The molecule has 0 unspecified atom stereocenters. The van der Waals surface area contributed by atoms with Crippen LogP contribution in [0, 0.1) is 0 Å². The second kappa shape index (κ2) is 6.47. The maximum absolute atomic E-state index is 10.1. The molecule has 0 saturated heterocycles. The van der Waals surface area contributed by atoms with Crippen LogP contribution in [0.25, 0.3) is 11.1 Å². The Kier molecular flexibility index (Phi) is 4.67. The molecule has 0 heterocycles. The predicted octanol–water partition coefficient (Wildman–Crippen LogP) is 4.67. The molecule has 2 N–H and O–H groups in total. The van der Waals surface area contributed by atoms with Crippen LogP contribution in [0.1, 0.15) is 37.8 Å². The van der Waals surface area contributed by atoms with Gasteiger partial charge in [-0.15, -0.1) is 0 Å². The molecule has 0 atom stereocenters. The summed E-state index contributed by atoms with van der Waals surface area (Å²) in [6.07, 6.45) is 4.20. The first-order chi connectivity index (χ1) is 9.67. The summed E-state index contributed by atoms with van der Waals surface area (Å²) in [6.45, 7) is 4.34. The van der Waals surface area contributed by atoms with Crippen LogP contribution in [-0.4, -0.2) is 10.2 Å². The van der Waals surface area contributed by atoms with Crippen molar-refractivity contribution >= 4 is 0 Å². The lowest BCUT2D eigenvalue weighted by Crippen LogP contribution is -1.97. The Morgan fingerprint density at radius 3 is 2.30 bits per heavy atom. The molecular formula is C18H22O2. The first-order valence-corrected chi connectivity index (χ1v) is 7.30. The van der Waals surface area contributed by atoms with E-state index < -0.39 is 0 Å². The summed E-state index contributed by atoms with van der Waals surface area (Å²) in [6, 6.07) is 10.9. The second-order valence-corrected chi connectivity index (χ2v) is 5.14. The molecule has 0 fully saturated rings. The number of rotatable bonds is 5. The van der Waals surface area contributed by atoms with Crippen molar-refractivity contribution in [2.75, 3.05) is 0 Å². The number of phenols is 2. The van der Waals surface area contributed by atoms with Gasteiger partial charge in [0.15, 0.2) is 0 Å². The van der Waals surface area contributed by atoms with Crippen LogP contribution in [0.15, 0.2) is 36.4 Å². The van der Waals surface area contributed by atoms with Crippen molar-refractivity contribution in [2.45, 2.75) is 39.5 Å². The quantitative estimate of drug-likeness (QED) is 0.775. The van der Waals surface area contributed by atoms with E-state index in [0.29, 0.717) is 5.56 Å². The first kappa shape index (κ1) is 14.4. The van der Waals surface area contributed by atoms with Crippen molar-refractivity contribution < 1.29 is 10.2 Å². The zero-order valence-electron chi connectivity index (χ0n) is 12.2. The molecule has 2 heteroatoms. The molecule has 0 bridgehead atoms. The third-order valence-corrected chi connectivity index (χ3v) is 3.56. The third-order valence-electron chi connectivity index (χ3n) is 3.56. The lowest BCUT2D eigenvalue weighted by atomic mass is 9.90. The van der Waals surface area contributed by atoms with Crippen molar-refractivity contribution in [3.63, 3.8) is 0 Å². The van der Waals surface area contributed by atoms with Gasteiger partial charge in [0.25, 0.3) is 0 Å². The van der Waals surface area contributed by atoms with E-state index in [1.807, 2.05) is 12.1 Å². The van der Waals surface area contributed by atoms with E-state index in [0.717, 1.165) is 31.2 Å². The van der Waals surface area contributed by atoms with Crippen LogP contribution < -0.4 is 0 Å². The molecule has 0 amide bonds. The molecule has 20 heavy (non-hydrogen) atoms. The Bertz CT molecular complexity index is 588. The maximum Gasteiger partial charge on any atom is 0.123 e. The summed E-state index contributed by atoms with van der Waals surface area (Å²) in [7, 11) is 0. The number of hydrogen-bond donors (Lipinski definition) is 2. The minimum atomic E-state index is 0.182. The number of aromatic hydroxyl groups is 2. The van der Waals surface area contributed by atoms with Gasteiger partial charge in [-0.2, -0.15) is 0 Å². The largest absolute Gasteiger partial charge is 0.508 e. The van der Waals surface area contributed by atoms with E-state index in [2.05, 4.69) is 19.9 Å². The molecule has 0 spiro atoms. The fraction of sp³-hybridized carbons (Fsp3) is 0.333. The van der Waals surface area contributed by atoms with Crippen molar-refractivity contribution in [2.24, 2.45) is 0 Å². The molecule has 2 aromatic rings. The Labute approximate surface area is 120 Å². The van der Waals surface area contributed by atoms with E-state index >= 15 is 0 Å². The highest BCUT2D eigenvalue weighted by Crippen LogP contribution is 2.36. The fourth-order valence-corrected chi connectivity index (χ4v) is 2.68. The first-order valence-electron chi connectivity index (χ1n) is 7.30. The van der Waals surface area contributed by atoms with Crippen LogP contribution in [-0.2, 0) is 12.8 Å². The molecule has 2 nitrogen and oxygen atoms in total. The van der Waals surface area contributed by atoms with Gasteiger partial charge in [0.1, 0.15) is 11.5 Å². The highest BCUT2D eigenvalue weighted by molar-refractivity contribution is 5.75. The van der Waals surface area contributed by atoms with Crippen LogP contribution in [0.3, 0.4) is 0 Å². The van der Waals surface area contributed by atoms with E-state index in [1.54, 1.807) is 12.1 Å². The SMILES string of the molecule is CCCc1cccc(-c2cc(O)ccc2O)c1CCC. The normalized spacial score (nSPS) is 10.7. The van der Waals surface area contributed by atoms with Crippen molar-refractivity contribution in [1.29, 1.82) is 0 Å². The smallest absolute Gasteiger partial charge is 0.123 e. The monoisotopic (exact) mass is 270 g/mol.